The predicted molar refractivity (Wildman–Crippen MR) is 81.7 cm³/mol. The van der Waals surface area contributed by atoms with E-state index in [4.69, 9.17) is 4.74 Å². The van der Waals surface area contributed by atoms with Crippen molar-refractivity contribution in [3.05, 3.63) is 42.0 Å². The first-order valence-corrected chi connectivity index (χ1v) is 7.67. The van der Waals surface area contributed by atoms with E-state index in [-0.39, 0.29) is 11.7 Å². The van der Waals surface area contributed by atoms with E-state index in [2.05, 4.69) is 4.90 Å². The van der Waals surface area contributed by atoms with Crippen LogP contribution in [0.4, 0.5) is 13.2 Å². The second-order valence-electron chi connectivity index (χ2n) is 5.52. The Morgan fingerprint density at radius 3 is 2.65 bits per heavy atom. The lowest BCUT2D eigenvalue weighted by molar-refractivity contribution is -0.145. The Labute approximate surface area is 133 Å². The Morgan fingerprint density at radius 2 is 2.04 bits per heavy atom. The van der Waals surface area contributed by atoms with Gasteiger partial charge in [-0.2, -0.15) is 13.2 Å². The maximum atomic E-state index is 13.2. The van der Waals surface area contributed by atoms with Crippen molar-refractivity contribution in [1.29, 1.82) is 0 Å². The average molecular weight is 327 g/mol. The molecule has 2 rings (SSSR count). The van der Waals surface area contributed by atoms with Gasteiger partial charge in [-0.3, -0.25) is 4.90 Å². The van der Waals surface area contributed by atoms with Crippen LogP contribution >= 0.6 is 0 Å². The fourth-order valence-corrected chi connectivity index (χ4v) is 2.66. The third-order valence-electron chi connectivity index (χ3n) is 3.84. The lowest BCUT2D eigenvalue weighted by atomic mass is 10.1. The number of piperidine rings is 1. The smallest absolute Gasteiger partial charge is 0.417 e. The quantitative estimate of drug-likeness (QED) is 0.624. The van der Waals surface area contributed by atoms with Crippen molar-refractivity contribution in [1.82, 2.24) is 4.90 Å². The Bertz CT molecular complexity index is 555. The SMILES string of the molecule is CCN1CCCC(OC(=O)/C=C(/c2ccccc2)C(F)(F)F)C1. The summed E-state index contributed by atoms with van der Waals surface area (Å²) in [5, 5.41) is 0. The molecular formula is C17H20F3NO2. The van der Waals surface area contributed by atoms with Crippen LogP contribution in [-0.2, 0) is 9.53 Å². The van der Waals surface area contributed by atoms with E-state index in [0.29, 0.717) is 19.0 Å². The molecule has 23 heavy (non-hydrogen) atoms. The van der Waals surface area contributed by atoms with E-state index in [1.165, 1.54) is 24.3 Å². The Balaban J connectivity index is 2.11. The van der Waals surface area contributed by atoms with Crippen molar-refractivity contribution in [3.8, 4) is 0 Å². The summed E-state index contributed by atoms with van der Waals surface area (Å²) in [6.45, 7) is 4.34. The van der Waals surface area contributed by atoms with Crippen LogP contribution < -0.4 is 0 Å². The highest BCUT2D eigenvalue weighted by molar-refractivity contribution is 5.92. The monoisotopic (exact) mass is 327 g/mol. The Kier molecular flexibility index (Phi) is 5.82. The molecule has 1 aliphatic rings. The zero-order valence-electron chi connectivity index (χ0n) is 13.0. The molecule has 0 radical (unpaired) electrons. The standard InChI is InChI=1S/C17H20F3NO2/c1-2-21-10-6-9-14(12-21)23-16(22)11-15(17(18,19)20)13-7-4-3-5-8-13/h3-5,7-8,11,14H,2,6,9-10,12H2,1H3/b15-11-. The zero-order chi connectivity index (χ0) is 16.9. The molecule has 126 valence electrons. The third kappa shape index (κ3) is 5.10. The number of allylic oxidation sites excluding steroid dienone is 1. The topological polar surface area (TPSA) is 29.5 Å². The van der Waals surface area contributed by atoms with Crippen molar-refractivity contribution in [3.63, 3.8) is 0 Å². The summed E-state index contributed by atoms with van der Waals surface area (Å²) in [5.74, 6) is -0.941. The molecule has 1 heterocycles. The normalized spacial score (nSPS) is 20.3. The third-order valence-corrected chi connectivity index (χ3v) is 3.84. The summed E-state index contributed by atoms with van der Waals surface area (Å²) in [6.07, 6.45) is -2.84. The summed E-state index contributed by atoms with van der Waals surface area (Å²) < 4.78 is 44.7. The van der Waals surface area contributed by atoms with Gasteiger partial charge in [0.05, 0.1) is 5.57 Å². The molecule has 3 nitrogen and oxygen atoms in total. The molecule has 0 aromatic heterocycles. The van der Waals surface area contributed by atoms with Crippen LogP contribution in [0.2, 0.25) is 0 Å². The number of likely N-dealkylation sites (N-methyl/N-ethyl adjacent to an activating group) is 1. The number of ether oxygens (including phenoxy) is 1. The number of nitrogens with zero attached hydrogens (tertiary/aromatic N) is 1. The van der Waals surface area contributed by atoms with Gasteiger partial charge in [0, 0.05) is 12.6 Å². The van der Waals surface area contributed by atoms with Gasteiger partial charge in [0.1, 0.15) is 6.10 Å². The molecule has 0 N–H and O–H groups in total. The molecule has 1 aromatic rings. The maximum absolute atomic E-state index is 13.2. The van der Waals surface area contributed by atoms with Gasteiger partial charge in [-0.1, -0.05) is 37.3 Å². The lowest BCUT2D eigenvalue weighted by Crippen LogP contribution is -2.40. The highest BCUT2D eigenvalue weighted by Gasteiger charge is 2.35. The molecule has 0 amide bonds. The highest BCUT2D eigenvalue weighted by Crippen LogP contribution is 2.33. The number of halogens is 3. The fraction of sp³-hybridized carbons (Fsp3) is 0.471. The first kappa shape index (κ1) is 17.5. The van der Waals surface area contributed by atoms with Crippen molar-refractivity contribution >= 4 is 11.5 Å². The van der Waals surface area contributed by atoms with E-state index in [1.54, 1.807) is 6.07 Å². The highest BCUT2D eigenvalue weighted by atomic mass is 19.4. The largest absolute Gasteiger partial charge is 0.458 e. The van der Waals surface area contributed by atoms with Crippen LogP contribution in [0.5, 0.6) is 0 Å². The van der Waals surface area contributed by atoms with Gasteiger partial charge in [-0.25, -0.2) is 4.79 Å². The number of carbonyl (C=O) groups excluding carboxylic acids is 1. The minimum absolute atomic E-state index is 0.0456. The van der Waals surface area contributed by atoms with E-state index in [0.717, 1.165) is 19.5 Å². The average Bonchev–Trinajstić information content (AvgIpc) is 2.52. The number of likely N-dealkylation sites (tertiary alicyclic amines) is 1. The van der Waals surface area contributed by atoms with Crippen LogP contribution in [0, 0.1) is 0 Å². The number of alkyl halides is 3. The van der Waals surface area contributed by atoms with Gasteiger partial charge in [-0.05, 0) is 31.5 Å². The zero-order valence-corrected chi connectivity index (χ0v) is 13.0. The van der Waals surface area contributed by atoms with E-state index < -0.39 is 17.7 Å². The molecule has 1 aromatic carbocycles. The summed E-state index contributed by atoms with van der Waals surface area (Å²) in [5.41, 5.74) is -1.03. The fourth-order valence-electron chi connectivity index (χ4n) is 2.66. The first-order valence-electron chi connectivity index (χ1n) is 7.67. The summed E-state index contributed by atoms with van der Waals surface area (Å²) in [7, 11) is 0. The number of carbonyl (C=O) groups is 1. The van der Waals surface area contributed by atoms with Gasteiger partial charge in [0.25, 0.3) is 0 Å². The number of esters is 1. The van der Waals surface area contributed by atoms with Crippen molar-refractivity contribution in [2.24, 2.45) is 0 Å². The van der Waals surface area contributed by atoms with E-state index in [1.807, 2.05) is 6.92 Å². The van der Waals surface area contributed by atoms with Crippen LogP contribution in [0.15, 0.2) is 36.4 Å². The van der Waals surface area contributed by atoms with Crippen molar-refractivity contribution in [2.75, 3.05) is 19.6 Å². The van der Waals surface area contributed by atoms with Crippen molar-refractivity contribution in [2.45, 2.75) is 32.0 Å². The molecule has 1 aliphatic heterocycles. The molecule has 1 unspecified atom stereocenters. The maximum Gasteiger partial charge on any atom is 0.417 e. The second-order valence-corrected chi connectivity index (χ2v) is 5.52. The molecule has 1 fully saturated rings. The van der Waals surface area contributed by atoms with Gasteiger partial charge in [0.2, 0.25) is 0 Å². The molecule has 0 saturated carbocycles. The molecule has 1 atom stereocenters. The van der Waals surface area contributed by atoms with Gasteiger partial charge in [0.15, 0.2) is 0 Å². The number of hydrogen-bond donors (Lipinski definition) is 0. The minimum Gasteiger partial charge on any atom is -0.458 e. The number of hydrogen-bond acceptors (Lipinski definition) is 3. The van der Waals surface area contributed by atoms with Crippen LogP contribution in [0.25, 0.3) is 5.57 Å². The second kappa shape index (κ2) is 7.64. The molecule has 0 spiro atoms. The minimum atomic E-state index is -4.61. The first-order chi connectivity index (χ1) is 10.9. The molecular weight excluding hydrogens is 307 g/mol. The van der Waals surface area contributed by atoms with Gasteiger partial charge in [-0.15, -0.1) is 0 Å². The molecule has 0 aliphatic carbocycles. The van der Waals surface area contributed by atoms with Crippen LogP contribution in [0.3, 0.4) is 0 Å². The summed E-state index contributed by atoms with van der Waals surface area (Å²) in [6, 6.07) is 7.27. The van der Waals surface area contributed by atoms with E-state index in [9.17, 15) is 18.0 Å². The van der Waals surface area contributed by atoms with Crippen LogP contribution in [-0.4, -0.2) is 42.8 Å². The van der Waals surface area contributed by atoms with E-state index >= 15 is 0 Å². The van der Waals surface area contributed by atoms with Crippen LogP contribution in [0.1, 0.15) is 25.3 Å². The summed E-state index contributed by atoms with van der Waals surface area (Å²) in [4.78, 5) is 14.0. The summed E-state index contributed by atoms with van der Waals surface area (Å²) >= 11 is 0. The Hall–Kier alpha value is -1.82. The number of benzene rings is 1. The molecule has 6 heteroatoms. The van der Waals surface area contributed by atoms with Gasteiger partial charge < -0.3 is 4.74 Å². The Morgan fingerprint density at radius 1 is 1.35 bits per heavy atom. The van der Waals surface area contributed by atoms with Crippen molar-refractivity contribution < 1.29 is 22.7 Å². The number of rotatable bonds is 4. The molecule has 0 bridgehead atoms. The van der Waals surface area contributed by atoms with Gasteiger partial charge >= 0.3 is 12.1 Å². The lowest BCUT2D eigenvalue weighted by Gasteiger charge is -2.31. The predicted octanol–water partition coefficient (Wildman–Crippen LogP) is 3.66. The molecule has 1 saturated heterocycles.